The number of hydrogen-bond donors (Lipinski definition) is 0. The van der Waals surface area contributed by atoms with Crippen LogP contribution in [0.2, 0.25) is 0 Å². The first kappa shape index (κ1) is 24.0. The van der Waals surface area contributed by atoms with Gasteiger partial charge in [-0.15, -0.1) is 0 Å². The Hall–Kier alpha value is -5.81. The van der Waals surface area contributed by atoms with Gasteiger partial charge in [0, 0.05) is 27.9 Å². The van der Waals surface area contributed by atoms with E-state index in [1.54, 1.807) is 0 Å². The average molecular weight is 538 g/mol. The molecule has 4 aromatic carbocycles. The molecule has 8 aromatic rings. The predicted molar refractivity (Wildman–Crippen MR) is 170 cm³/mol. The Morgan fingerprint density at radius 1 is 0.381 bits per heavy atom. The quantitative estimate of drug-likeness (QED) is 0.210. The van der Waals surface area contributed by atoms with Crippen molar-refractivity contribution < 1.29 is 0 Å². The van der Waals surface area contributed by atoms with Crippen LogP contribution in [-0.2, 0) is 0 Å². The molecule has 0 spiro atoms. The summed E-state index contributed by atoms with van der Waals surface area (Å²) in [5.74, 6) is 0.664. The lowest BCUT2D eigenvalue weighted by atomic mass is 10.0. The molecule has 0 amide bonds. The molecule has 0 aliphatic rings. The topological polar surface area (TPSA) is 64.5 Å². The highest BCUT2D eigenvalue weighted by Crippen LogP contribution is 2.31. The van der Waals surface area contributed by atoms with E-state index >= 15 is 0 Å². The largest absolute Gasteiger partial charge is 0.254 e. The van der Waals surface area contributed by atoms with Gasteiger partial charge >= 0.3 is 0 Å². The number of para-hydroxylation sites is 1. The molecule has 8 rings (SSSR count). The van der Waals surface area contributed by atoms with Crippen LogP contribution >= 0.6 is 0 Å². The van der Waals surface area contributed by atoms with Crippen LogP contribution in [0.4, 0.5) is 0 Å². The second-order valence-electron chi connectivity index (χ2n) is 10.2. The SMILES string of the molecule is c1ccc(-c2ccc(-c3nc(-c4cccc(-c5ccc6ccc7cccnc7c6n5)n4)c4ccccc4n3)cc2)cc1. The summed E-state index contributed by atoms with van der Waals surface area (Å²) in [6.07, 6.45) is 1.81. The number of benzene rings is 4. The summed E-state index contributed by atoms with van der Waals surface area (Å²) in [4.78, 5) is 24.7. The maximum Gasteiger partial charge on any atom is 0.160 e. The lowest BCUT2D eigenvalue weighted by Crippen LogP contribution is -1.98. The van der Waals surface area contributed by atoms with Crippen LogP contribution in [0.15, 0.2) is 140 Å². The van der Waals surface area contributed by atoms with E-state index < -0.39 is 0 Å². The number of fused-ring (bicyclic) bond motifs is 4. The summed E-state index contributed by atoms with van der Waals surface area (Å²) >= 11 is 0. The molecule has 0 N–H and O–H groups in total. The van der Waals surface area contributed by atoms with Crippen molar-refractivity contribution in [1.82, 2.24) is 24.9 Å². The molecule has 196 valence electrons. The molecule has 0 bridgehead atoms. The van der Waals surface area contributed by atoms with E-state index in [1.165, 1.54) is 5.56 Å². The van der Waals surface area contributed by atoms with Gasteiger partial charge in [0.1, 0.15) is 5.69 Å². The van der Waals surface area contributed by atoms with Crippen LogP contribution in [0.3, 0.4) is 0 Å². The summed E-state index contributed by atoms with van der Waals surface area (Å²) in [5.41, 5.74) is 9.04. The van der Waals surface area contributed by atoms with Gasteiger partial charge in [-0.25, -0.2) is 19.9 Å². The summed E-state index contributed by atoms with van der Waals surface area (Å²) < 4.78 is 0. The van der Waals surface area contributed by atoms with Crippen molar-refractivity contribution >= 4 is 32.7 Å². The molecule has 0 aliphatic carbocycles. The molecular formula is C37H23N5. The van der Waals surface area contributed by atoms with Crippen molar-refractivity contribution in [3.8, 4) is 45.3 Å². The van der Waals surface area contributed by atoms with Crippen molar-refractivity contribution in [1.29, 1.82) is 0 Å². The molecule has 0 saturated heterocycles. The third kappa shape index (κ3) is 4.25. The number of aromatic nitrogens is 5. The Labute approximate surface area is 242 Å². The monoisotopic (exact) mass is 537 g/mol. The Morgan fingerprint density at radius 2 is 1.07 bits per heavy atom. The van der Waals surface area contributed by atoms with Crippen molar-refractivity contribution in [2.45, 2.75) is 0 Å². The highest BCUT2D eigenvalue weighted by atomic mass is 14.9. The summed E-state index contributed by atoms with van der Waals surface area (Å²) in [7, 11) is 0. The Kier molecular flexibility index (Phi) is 5.71. The van der Waals surface area contributed by atoms with Crippen LogP contribution in [0.25, 0.3) is 78.0 Å². The minimum atomic E-state index is 0.664. The number of pyridine rings is 3. The fourth-order valence-electron chi connectivity index (χ4n) is 5.42. The molecule has 5 heteroatoms. The second kappa shape index (κ2) is 9.98. The lowest BCUT2D eigenvalue weighted by molar-refractivity contribution is 1.20. The number of nitrogens with zero attached hydrogens (tertiary/aromatic N) is 5. The average Bonchev–Trinajstić information content (AvgIpc) is 3.08. The highest BCUT2D eigenvalue weighted by molar-refractivity contribution is 6.03. The molecule has 4 heterocycles. The summed E-state index contributed by atoms with van der Waals surface area (Å²) in [6.45, 7) is 0. The Bertz CT molecular complexity index is 2240. The van der Waals surface area contributed by atoms with Crippen molar-refractivity contribution in [2.75, 3.05) is 0 Å². The van der Waals surface area contributed by atoms with E-state index in [2.05, 4.69) is 77.8 Å². The molecule has 0 unspecified atom stereocenters. The van der Waals surface area contributed by atoms with Crippen LogP contribution in [0, 0.1) is 0 Å². The first-order valence-electron chi connectivity index (χ1n) is 13.9. The van der Waals surface area contributed by atoms with Gasteiger partial charge in [0.25, 0.3) is 0 Å². The fourth-order valence-corrected chi connectivity index (χ4v) is 5.42. The van der Waals surface area contributed by atoms with Gasteiger partial charge in [0.15, 0.2) is 5.82 Å². The maximum atomic E-state index is 5.07. The van der Waals surface area contributed by atoms with E-state index in [1.807, 2.05) is 66.9 Å². The molecule has 0 saturated carbocycles. The predicted octanol–water partition coefficient (Wildman–Crippen LogP) is 8.79. The smallest absolute Gasteiger partial charge is 0.160 e. The van der Waals surface area contributed by atoms with Crippen LogP contribution < -0.4 is 0 Å². The van der Waals surface area contributed by atoms with Crippen molar-refractivity contribution in [3.05, 3.63) is 140 Å². The van der Waals surface area contributed by atoms with Crippen molar-refractivity contribution in [2.24, 2.45) is 0 Å². The van der Waals surface area contributed by atoms with Crippen LogP contribution in [0.1, 0.15) is 0 Å². The Morgan fingerprint density at radius 3 is 1.95 bits per heavy atom. The van der Waals surface area contributed by atoms with Crippen molar-refractivity contribution in [3.63, 3.8) is 0 Å². The minimum Gasteiger partial charge on any atom is -0.254 e. The van der Waals surface area contributed by atoms with E-state index in [4.69, 9.17) is 19.9 Å². The van der Waals surface area contributed by atoms with Crippen LogP contribution in [-0.4, -0.2) is 24.9 Å². The molecule has 0 fully saturated rings. The number of hydrogen-bond acceptors (Lipinski definition) is 5. The second-order valence-corrected chi connectivity index (χ2v) is 10.2. The van der Waals surface area contributed by atoms with E-state index in [9.17, 15) is 0 Å². The van der Waals surface area contributed by atoms with Crippen LogP contribution in [0.5, 0.6) is 0 Å². The van der Waals surface area contributed by atoms with Gasteiger partial charge in [-0.3, -0.25) is 4.98 Å². The Balaban J connectivity index is 1.24. The van der Waals surface area contributed by atoms with Gasteiger partial charge < -0.3 is 0 Å². The minimum absolute atomic E-state index is 0.664. The normalized spacial score (nSPS) is 11.3. The summed E-state index contributed by atoms with van der Waals surface area (Å²) in [6, 6.07) is 45.1. The third-order valence-electron chi connectivity index (χ3n) is 7.54. The zero-order valence-corrected chi connectivity index (χ0v) is 22.5. The van der Waals surface area contributed by atoms with E-state index in [0.29, 0.717) is 5.82 Å². The first-order valence-corrected chi connectivity index (χ1v) is 13.9. The first-order chi connectivity index (χ1) is 20.8. The zero-order valence-electron chi connectivity index (χ0n) is 22.5. The third-order valence-corrected chi connectivity index (χ3v) is 7.54. The molecule has 4 aromatic heterocycles. The van der Waals surface area contributed by atoms with Gasteiger partial charge in [0.05, 0.1) is 33.6 Å². The standard InChI is InChI=1S/C37H23N5/c1-2-8-24(9-3-1)25-15-19-28(20-16-25)37-41-30-12-5-4-11-29(30)36(42-37)33-14-6-13-31(39-33)32-22-21-27-18-17-26-10-7-23-38-34(26)35(27)40-32/h1-23H. The fraction of sp³-hybridized carbons (Fsp3) is 0. The van der Waals surface area contributed by atoms with Gasteiger partial charge in [0.2, 0.25) is 0 Å². The lowest BCUT2D eigenvalue weighted by Gasteiger charge is -2.11. The van der Waals surface area contributed by atoms with E-state index in [-0.39, 0.29) is 0 Å². The number of rotatable bonds is 4. The molecule has 0 aliphatic heterocycles. The van der Waals surface area contributed by atoms with Gasteiger partial charge in [-0.1, -0.05) is 103 Å². The molecule has 5 nitrogen and oxygen atoms in total. The zero-order chi connectivity index (χ0) is 27.9. The van der Waals surface area contributed by atoms with E-state index in [0.717, 1.165) is 66.6 Å². The molecule has 0 radical (unpaired) electrons. The maximum absolute atomic E-state index is 5.07. The van der Waals surface area contributed by atoms with Gasteiger partial charge in [-0.05, 0) is 41.5 Å². The molecule has 42 heavy (non-hydrogen) atoms. The summed E-state index contributed by atoms with van der Waals surface area (Å²) in [5, 5.41) is 3.06. The van der Waals surface area contributed by atoms with Gasteiger partial charge in [-0.2, -0.15) is 0 Å². The molecule has 0 atom stereocenters. The highest BCUT2D eigenvalue weighted by Gasteiger charge is 2.14. The molecular weight excluding hydrogens is 514 g/mol.